The molecule has 194 valence electrons. The number of para-hydroxylation sites is 1. The minimum Gasteiger partial charge on any atom is -0.302 e. The first kappa shape index (κ1) is 24.6. The number of nitrogens with zero attached hydrogens (tertiary/aromatic N) is 4. The number of benzene rings is 3. The molecule has 1 amide bonds. The van der Waals surface area contributed by atoms with E-state index >= 15 is 0 Å². The molecule has 0 saturated heterocycles. The van der Waals surface area contributed by atoms with E-state index in [1.54, 1.807) is 27.4 Å². The van der Waals surface area contributed by atoms with Crippen molar-refractivity contribution in [3.05, 3.63) is 113 Å². The van der Waals surface area contributed by atoms with Gasteiger partial charge in [0.25, 0.3) is 5.91 Å². The lowest BCUT2D eigenvalue weighted by Crippen LogP contribution is -2.37. The number of carbonyl (C=O) groups is 1. The zero-order valence-corrected chi connectivity index (χ0v) is 22.2. The molecule has 0 fully saturated rings. The average Bonchev–Trinajstić information content (AvgIpc) is 3.55. The SMILES string of the molecule is Cn1nc(CN(C(=O)c2ccccc2)c2ccccc2)c2c1CCN(S(=O)(=O)c1ccc3c(c1)CCC3)C2. The molecular formula is C30H30N4O3S. The Bertz CT molecular complexity index is 1600. The molecule has 0 atom stereocenters. The lowest BCUT2D eigenvalue weighted by atomic mass is 10.1. The average molecular weight is 527 g/mol. The molecule has 1 aliphatic heterocycles. The van der Waals surface area contributed by atoms with E-state index in [4.69, 9.17) is 5.10 Å². The van der Waals surface area contributed by atoms with E-state index in [0.717, 1.165) is 41.8 Å². The number of fused-ring (bicyclic) bond motifs is 2. The van der Waals surface area contributed by atoms with Crippen LogP contribution in [0.5, 0.6) is 0 Å². The van der Waals surface area contributed by atoms with Crippen LogP contribution in [0.15, 0.2) is 83.8 Å². The predicted octanol–water partition coefficient (Wildman–Crippen LogP) is 4.50. The fourth-order valence-corrected chi connectivity index (χ4v) is 7.07. The van der Waals surface area contributed by atoms with Gasteiger partial charge < -0.3 is 4.90 Å². The number of carbonyl (C=O) groups excluding carboxylic acids is 1. The van der Waals surface area contributed by atoms with Crippen LogP contribution in [0.1, 0.15) is 44.9 Å². The molecule has 6 rings (SSSR count). The third kappa shape index (κ3) is 4.44. The van der Waals surface area contributed by atoms with Crippen LogP contribution < -0.4 is 4.90 Å². The molecule has 1 aliphatic carbocycles. The predicted molar refractivity (Wildman–Crippen MR) is 146 cm³/mol. The molecule has 38 heavy (non-hydrogen) atoms. The summed E-state index contributed by atoms with van der Waals surface area (Å²) in [6, 6.07) is 24.3. The highest BCUT2D eigenvalue weighted by atomic mass is 32.2. The van der Waals surface area contributed by atoms with Crippen LogP contribution in [-0.2, 0) is 49.4 Å². The Balaban J connectivity index is 1.33. The van der Waals surface area contributed by atoms with Gasteiger partial charge in [-0.15, -0.1) is 0 Å². The Kier molecular flexibility index (Phi) is 6.37. The van der Waals surface area contributed by atoms with Crippen LogP contribution in [-0.4, -0.2) is 35.0 Å². The van der Waals surface area contributed by atoms with Crippen molar-refractivity contribution in [1.29, 1.82) is 0 Å². The molecule has 0 bridgehead atoms. The molecule has 0 radical (unpaired) electrons. The van der Waals surface area contributed by atoms with E-state index in [2.05, 4.69) is 0 Å². The summed E-state index contributed by atoms with van der Waals surface area (Å²) in [4.78, 5) is 15.7. The lowest BCUT2D eigenvalue weighted by molar-refractivity contribution is 0.0984. The van der Waals surface area contributed by atoms with Crippen molar-refractivity contribution in [3.8, 4) is 0 Å². The smallest absolute Gasteiger partial charge is 0.258 e. The molecule has 1 aromatic heterocycles. The van der Waals surface area contributed by atoms with Crippen LogP contribution >= 0.6 is 0 Å². The van der Waals surface area contributed by atoms with Crippen molar-refractivity contribution in [3.63, 3.8) is 0 Å². The topological polar surface area (TPSA) is 75.5 Å². The summed E-state index contributed by atoms with van der Waals surface area (Å²) in [5, 5.41) is 4.77. The van der Waals surface area contributed by atoms with E-state index in [9.17, 15) is 13.2 Å². The number of amides is 1. The second-order valence-electron chi connectivity index (χ2n) is 9.96. The first-order valence-electron chi connectivity index (χ1n) is 13.0. The third-order valence-electron chi connectivity index (χ3n) is 7.64. The summed E-state index contributed by atoms with van der Waals surface area (Å²) in [6.45, 7) is 0.879. The largest absolute Gasteiger partial charge is 0.302 e. The molecule has 0 spiro atoms. The van der Waals surface area contributed by atoms with Crippen LogP contribution in [0, 0.1) is 0 Å². The van der Waals surface area contributed by atoms with Gasteiger partial charge in [0.2, 0.25) is 10.0 Å². The Hall–Kier alpha value is -3.75. The van der Waals surface area contributed by atoms with Crippen molar-refractivity contribution in [2.24, 2.45) is 7.05 Å². The van der Waals surface area contributed by atoms with E-state index < -0.39 is 10.0 Å². The first-order valence-corrected chi connectivity index (χ1v) is 14.4. The molecule has 2 aliphatic rings. The van der Waals surface area contributed by atoms with E-state index in [1.807, 2.05) is 72.4 Å². The molecule has 0 unspecified atom stereocenters. The molecule has 0 N–H and O–H groups in total. The Morgan fingerprint density at radius 2 is 1.63 bits per heavy atom. The van der Waals surface area contributed by atoms with Gasteiger partial charge in [0.05, 0.1) is 17.1 Å². The molecule has 3 aromatic carbocycles. The summed E-state index contributed by atoms with van der Waals surface area (Å²) in [5.41, 5.74) is 6.35. The van der Waals surface area contributed by atoms with Gasteiger partial charge in [-0.05, 0) is 66.8 Å². The van der Waals surface area contributed by atoms with Gasteiger partial charge in [-0.1, -0.05) is 42.5 Å². The van der Waals surface area contributed by atoms with Crippen molar-refractivity contribution in [1.82, 2.24) is 14.1 Å². The number of hydrogen-bond donors (Lipinski definition) is 0. The highest BCUT2D eigenvalue weighted by Gasteiger charge is 2.33. The summed E-state index contributed by atoms with van der Waals surface area (Å²) < 4.78 is 30.8. The zero-order valence-electron chi connectivity index (χ0n) is 21.4. The van der Waals surface area contributed by atoms with E-state index in [-0.39, 0.29) is 19.0 Å². The van der Waals surface area contributed by atoms with Gasteiger partial charge in [-0.3, -0.25) is 9.48 Å². The highest BCUT2D eigenvalue weighted by Crippen LogP contribution is 2.31. The molecule has 4 aromatic rings. The van der Waals surface area contributed by atoms with Crippen LogP contribution in [0.25, 0.3) is 0 Å². The molecule has 2 heterocycles. The van der Waals surface area contributed by atoms with Gasteiger partial charge >= 0.3 is 0 Å². The zero-order chi connectivity index (χ0) is 26.3. The highest BCUT2D eigenvalue weighted by molar-refractivity contribution is 7.89. The maximum atomic E-state index is 13.7. The van der Waals surface area contributed by atoms with Gasteiger partial charge in [0.15, 0.2) is 0 Å². The standard InChI is InChI=1S/C30H30N4O3S/c1-32-29-17-18-33(38(36,37)26-16-15-22-11-8-12-24(22)19-26)20-27(29)28(31-32)21-34(25-13-6-3-7-14-25)30(35)23-9-4-2-5-10-23/h2-7,9-10,13-16,19H,8,11-12,17-18,20-21H2,1H3. The van der Waals surface area contributed by atoms with Crippen molar-refractivity contribution in [2.45, 2.75) is 43.7 Å². The summed E-state index contributed by atoms with van der Waals surface area (Å²) in [6.07, 6.45) is 3.59. The maximum absolute atomic E-state index is 13.7. The number of aromatic nitrogens is 2. The maximum Gasteiger partial charge on any atom is 0.258 e. The monoisotopic (exact) mass is 526 g/mol. The number of sulfonamides is 1. The Morgan fingerprint density at radius 3 is 2.39 bits per heavy atom. The number of hydrogen-bond acceptors (Lipinski definition) is 4. The van der Waals surface area contributed by atoms with Gasteiger partial charge in [0, 0.05) is 49.1 Å². The minimum absolute atomic E-state index is 0.130. The van der Waals surface area contributed by atoms with Gasteiger partial charge in [-0.25, -0.2) is 8.42 Å². The Labute approximate surface area is 223 Å². The van der Waals surface area contributed by atoms with Crippen LogP contribution in [0.2, 0.25) is 0 Å². The minimum atomic E-state index is -3.66. The number of rotatable bonds is 6. The lowest BCUT2D eigenvalue weighted by Gasteiger charge is -2.28. The second-order valence-corrected chi connectivity index (χ2v) is 11.9. The summed E-state index contributed by atoms with van der Waals surface area (Å²) >= 11 is 0. The molecular weight excluding hydrogens is 496 g/mol. The Morgan fingerprint density at radius 1 is 0.921 bits per heavy atom. The van der Waals surface area contributed by atoms with Crippen molar-refractivity contribution >= 4 is 21.6 Å². The molecule has 8 heteroatoms. The van der Waals surface area contributed by atoms with Crippen LogP contribution in [0.4, 0.5) is 5.69 Å². The van der Waals surface area contributed by atoms with Crippen molar-refractivity contribution < 1.29 is 13.2 Å². The quantitative estimate of drug-likeness (QED) is 0.371. The number of aryl methyl sites for hydroxylation is 3. The van der Waals surface area contributed by atoms with Crippen molar-refractivity contribution in [2.75, 3.05) is 11.4 Å². The number of anilines is 1. The fourth-order valence-electron chi connectivity index (χ4n) is 5.61. The van der Waals surface area contributed by atoms with E-state index in [1.165, 1.54) is 5.56 Å². The summed E-state index contributed by atoms with van der Waals surface area (Å²) in [5.74, 6) is -0.130. The third-order valence-corrected chi connectivity index (χ3v) is 9.48. The van der Waals surface area contributed by atoms with Crippen LogP contribution in [0.3, 0.4) is 0 Å². The second kappa shape index (κ2) is 9.85. The van der Waals surface area contributed by atoms with Gasteiger partial charge in [-0.2, -0.15) is 9.40 Å². The molecule has 0 saturated carbocycles. The van der Waals surface area contributed by atoms with Gasteiger partial charge in [0.1, 0.15) is 0 Å². The first-order chi connectivity index (χ1) is 18.4. The van der Waals surface area contributed by atoms with E-state index in [0.29, 0.717) is 29.1 Å². The summed E-state index contributed by atoms with van der Waals surface area (Å²) in [7, 11) is -1.77. The normalized spacial score (nSPS) is 15.2. The fraction of sp³-hybridized carbons (Fsp3) is 0.267. The molecule has 7 nitrogen and oxygen atoms in total.